The van der Waals surface area contributed by atoms with Crippen LogP contribution in [0.4, 0.5) is 5.69 Å². The summed E-state index contributed by atoms with van der Waals surface area (Å²) in [5.74, 6) is -2.80. The van der Waals surface area contributed by atoms with Crippen LogP contribution in [0, 0.1) is 47.6 Å². The summed E-state index contributed by atoms with van der Waals surface area (Å²) in [6, 6.07) is 13.5. The van der Waals surface area contributed by atoms with E-state index in [4.69, 9.17) is 32.1 Å². The highest BCUT2D eigenvalue weighted by atomic mass is 16.6. The first-order chi connectivity index (χ1) is 28.6. The van der Waals surface area contributed by atoms with Gasteiger partial charge >= 0.3 is 11.9 Å². The Labute approximate surface area is 342 Å². The van der Waals surface area contributed by atoms with Crippen molar-refractivity contribution in [1.82, 2.24) is 0 Å². The zero-order valence-electron chi connectivity index (χ0n) is 33.1. The summed E-state index contributed by atoms with van der Waals surface area (Å²) in [6.07, 6.45) is 6.91. The van der Waals surface area contributed by atoms with Gasteiger partial charge < -0.3 is 34.1 Å². The van der Waals surface area contributed by atoms with Crippen molar-refractivity contribution >= 4 is 46.1 Å². The second-order valence-electron chi connectivity index (χ2n) is 13.0. The first kappa shape index (κ1) is 44.5. The maximum Gasteiger partial charge on any atom is 0.306 e. The Bertz CT molecular complexity index is 2300. The molecule has 0 aromatic heterocycles. The van der Waals surface area contributed by atoms with Gasteiger partial charge in [-0.3, -0.25) is 14.4 Å². The maximum atomic E-state index is 13.1. The molecule has 0 amide bonds. The standard InChI is InChI=1S/C44H44N6O9/c1-6-49(7-2)31-13-9-29(10-14-31)41-43(54)42(44(41)55)30-11-15-32(16-12-30)50(8-3)19-21-58-39(52)17-18-40(53)59-24-23-57-38-26-33(35(27-45)47-4)37(56-22-20-51)25-34(38)36(28-46)48-5/h9-16,25-26,30,42,51H,6-8,17-24H2,1-3H3/b35-33+,36-34-,50-32?. The summed E-state index contributed by atoms with van der Waals surface area (Å²) in [5.41, 5.74) is 2.03. The average molecular weight is 801 g/mol. The lowest BCUT2D eigenvalue weighted by molar-refractivity contribution is -0.524. The van der Waals surface area contributed by atoms with Crippen LogP contribution in [-0.4, -0.2) is 92.3 Å². The molecule has 0 saturated heterocycles. The van der Waals surface area contributed by atoms with Crippen LogP contribution in [0.2, 0.25) is 0 Å². The van der Waals surface area contributed by atoms with Crippen LogP contribution < -0.4 is 29.9 Å². The van der Waals surface area contributed by atoms with Crippen molar-refractivity contribution in [2.45, 2.75) is 33.6 Å². The summed E-state index contributed by atoms with van der Waals surface area (Å²) >= 11 is 0. The van der Waals surface area contributed by atoms with Crippen LogP contribution in [0.5, 0.6) is 11.5 Å². The van der Waals surface area contributed by atoms with E-state index in [2.05, 4.69) is 28.4 Å². The number of anilines is 1. The molecule has 1 unspecified atom stereocenters. The minimum atomic E-state index is -0.755. The Kier molecular flexibility index (Phi) is 16.5. The fourth-order valence-electron chi connectivity index (χ4n) is 6.52. The molecule has 0 bridgehead atoms. The van der Waals surface area contributed by atoms with Crippen molar-refractivity contribution in [2.24, 2.45) is 11.8 Å². The molecule has 1 atom stereocenters. The van der Waals surface area contributed by atoms with Gasteiger partial charge in [0, 0.05) is 58.8 Å². The molecule has 0 fully saturated rings. The number of allylic oxidation sites excluding steroid dienone is 6. The molecule has 0 aliphatic heterocycles. The van der Waals surface area contributed by atoms with E-state index in [1.807, 2.05) is 60.1 Å². The number of benzene rings is 2. The number of hydrogen-bond acceptors (Lipinski definition) is 12. The zero-order chi connectivity index (χ0) is 42.9. The number of nitriles is 2. The first-order valence-electron chi connectivity index (χ1n) is 19.0. The molecule has 1 N–H and O–H groups in total. The van der Waals surface area contributed by atoms with E-state index in [1.165, 1.54) is 12.1 Å². The highest BCUT2D eigenvalue weighted by Gasteiger charge is 2.38. The minimum Gasteiger partial charge on any atom is -0.874 e. The van der Waals surface area contributed by atoms with Gasteiger partial charge in [-0.2, -0.15) is 0 Å². The van der Waals surface area contributed by atoms with E-state index in [0.29, 0.717) is 18.7 Å². The van der Waals surface area contributed by atoms with Gasteiger partial charge in [0.15, 0.2) is 18.0 Å². The Morgan fingerprint density at radius 1 is 0.864 bits per heavy atom. The van der Waals surface area contributed by atoms with Crippen LogP contribution in [0.3, 0.4) is 0 Å². The summed E-state index contributed by atoms with van der Waals surface area (Å²) in [4.78, 5) is 46.5. The third kappa shape index (κ3) is 11.0. The predicted octanol–water partition coefficient (Wildman–Crippen LogP) is 2.44. The summed E-state index contributed by atoms with van der Waals surface area (Å²) < 4.78 is 23.6. The lowest BCUT2D eigenvalue weighted by Crippen LogP contribution is -2.41. The van der Waals surface area contributed by atoms with Gasteiger partial charge in [0.2, 0.25) is 0 Å². The normalized spacial score (nSPS) is 16.3. The molecule has 59 heavy (non-hydrogen) atoms. The van der Waals surface area contributed by atoms with E-state index in [1.54, 1.807) is 12.1 Å². The molecule has 15 heteroatoms. The van der Waals surface area contributed by atoms with Crippen molar-refractivity contribution in [1.29, 1.82) is 10.5 Å². The predicted molar refractivity (Wildman–Crippen MR) is 214 cm³/mol. The largest absolute Gasteiger partial charge is 0.874 e. The Morgan fingerprint density at radius 2 is 1.41 bits per heavy atom. The number of carbonyl (C=O) groups excluding carboxylic acids is 3. The van der Waals surface area contributed by atoms with Gasteiger partial charge in [0.25, 0.3) is 11.4 Å². The highest BCUT2D eigenvalue weighted by Crippen LogP contribution is 2.41. The number of esters is 2. The van der Waals surface area contributed by atoms with Crippen LogP contribution in [0.15, 0.2) is 66.5 Å². The third-order valence-electron chi connectivity index (χ3n) is 9.59. The number of aliphatic hydroxyl groups excluding tert-OH is 1. The molecular weight excluding hydrogens is 757 g/mol. The second-order valence-corrected chi connectivity index (χ2v) is 13.0. The van der Waals surface area contributed by atoms with Crippen LogP contribution >= 0.6 is 0 Å². The smallest absolute Gasteiger partial charge is 0.306 e. The van der Waals surface area contributed by atoms with Crippen LogP contribution in [0.1, 0.15) is 39.2 Å². The van der Waals surface area contributed by atoms with E-state index >= 15 is 0 Å². The van der Waals surface area contributed by atoms with E-state index in [0.717, 1.165) is 24.5 Å². The average Bonchev–Trinajstić information content (AvgIpc) is 3.25. The number of ketones is 1. The molecule has 2 aromatic rings. The van der Waals surface area contributed by atoms with Crippen molar-refractivity contribution in [3.05, 3.63) is 105 Å². The molecule has 2 aliphatic carbocycles. The summed E-state index contributed by atoms with van der Waals surface area (Å²) in [6.45, 7) is 22.4. The number of rotatable bonds is 19. The lowest BCUT2D eigenvalue weighted by atomic mass is 9.71. The molecular formula is C44H44N6O9. The highest BCUT2D eigenvalue weighted by molar-refractivity contribution is 6.29. The molecule has 4 rings (SSSR count). The van der Waals surface area contributed by atoms with E-state index < -0.39 is 17.9 Å². The molecule has 2 aliphatic rings. The van der Waals surface area contributed by atoms with E-state index in [9.17, 15) is 35.1 Å². The monoisotopic (exact) mass is 800 g/mol. The number of ether oxygens (including phenoxy) is 4. The SMILES string of the molecule is [C-]#[N+]/C(C#N)=c1/cc(OCCO)/c(=C(\C#N)[N+]#[C-])cc1OCCOC(=O)CCC(=O)OCC[N+](CC)=C1C=CC(C2C(=O)C(c3ccc(N(CC)CC)cc3)=C2[O-])C=C1. The molecule has 0 radical (unpaired) electrons. The van der Waals surface area contributed by atoms with E-state index in [-0.39, 0.29) is 102 Å². The minimum absolute atomic E-state index is 0.0103. The second kappa shape index (κ2) is 21.9. The Balaban J connectivity index is 1.25. The van der Waals surface area contributed by atoms with Gasteiger partial charge in [-0.25, -0.2) is 24.8 Å². The Morgan fingerprint density at radius 3 is 1.88 bits per heavy atom. The van der Waals surface area contributed by atoms with Gasteiger partial charge in [-0.1, -0.05) is 24.3 Å². The van der Waals surface area contributed by atoms with Gasteiger partial charge in [0.05, 0.1) is 44.7 Å². The number of likely N-dealkylation sites (N-methyl/N-ethyl adjacent to an activating group) is 1. The van der Waals surface area contributed by atoms with Crippen LogP contribution in [-0.2, 0) is 23.9 Å². The van der Waals surface area contributed by atoms with Crippen molar-refractivity contribution in [3.8, 4) is 23.6 Å². The van der Waals surface area contributed by atoms with Crippen molar-refractivity contribution in [3.63, 3.8) is 0 Å². The fraction of sp³-hybridized carbons (Fsp3) is 0.364. The van der Waals surface area contributed by atoms with Crippen molar-refractivity contribution in [2.75, 3.05) is 64.1 Å². The molecule has 15 nitrogen and oxygen atoms in total. The Hall–Kier alpha value is -7.20. The van der Waals surface area contributed by atoms with Crippen molar-refractivity contribution < 1.29 is 48.1 Å². The zero-order valence-corrected chi connectivity index (χ0v) is 33.1. The molecule has 0 heterocycles. The number of Topliss-reactive ketones (excluding diaryl/α,β-unsaturated/α-hetero) is 1. The fourth-order valence-corrected chi connectivity index (χ4v) is 6.52. The summed E-state index contributed by atoms with van der Waals surface area (Å²) in [5, 5.41) is 41.3. The number of nitrogens with zero attached hydrogens (tertiary/aromatic N) is 6. The molecule has 2 aromatic carbocycles. The number of carbonyl (C=O) groups is 3. The molecule has 0 spiro atoms. The quantitative estimate of drug-likeness (QED) is 0.0946. The number of hydrogen-bond donors (Lipinski definition) is 1. The topological polar surface area (TPSA) is 194 Å². The first-order valence-corrected chi connectivity index (χ1v) is 19.0. The third-order valence-corrected chi connectivity index (χ3v) is 9.59. The van der Waals surface area contributed by atoms with Gasteiger partial charge in [0.1, 0.15) is 44.5 Å². The van der Waals surface area contributed by atoms with Crippen LogP contribution in [0.25, 0.3) is 26.7 Å². The lowest BCUT2D eigenvalue weighted by Gasteiger charge is -2.40. The van der Waals surface area contributed by atoms with Gasteiger partial charge in [-0.05, 0) is 50.6 Å². The molecule has 304 valence electrons. The van der Waals surface area contributed by atoms with Gasteiger partial charge in [-0.15, -0.1) is 5.76 Å². The molecule has 0 saturated carbocycles. The number of aliphatic hydroxyl groups is 1. The summed E-state index contributed by atoms with van der Waals surface area (Å²) in [7, 11) is 0. The maximum absolute atomic E-state index is 13.1.